The Kier molecular flexibility index (Phi) is 6.03. The van der Waals surface area contributed by atoms with Gasteiger partial charge in [-0.05, 0) is 24.8 Å². The van der Waals surface area contributed by atoms with Crippen LogP contribution in [-0.4, -0.2) is 27.0 Å². The van der Waals surface area contributed by atoms with Crippen LogP contribution >= 0.6 is 11.6 Å². The van der Waals surface area contributed by atoms with E-state index in [4.69, 9.17) is 11.6 Å². The quantitative estimate of drug-likeness (QED) is 0.759. The molecule has 0 aromatic carbocycles. The summed E-state index contributed by atoms with van der Waals surface area (Å²) in [5, 5.41) is 3.07. The Balaban J connectivity index is 2.69. The zero-order valence-corrected chi connectivity index (χ0v) is 13.0. The molecule has 0 aliphatic heterocycles. The molecule has 0 aliphatic rings. The highest BCUT2D eigenvalue weighted by Gasteiger charge is 2.15. The van der Waals surface area contributed by atoms with Crippen LogP contribution in [0.1, 0.15) is 26.7 Å². The molecule has 0 aliphatic carbocycles. The summed E-state index contributed by atoms with van der Waals surface area (Å²) in [5.41, 5.74) is 0. The van der Waals surface area contributed by atoms with Crippen LogP contribution in [-0.2, 0) is 10.0 Å². The number of rotatable bonds is 7. The second kappa shape index (κ2) is 7.07. The number of hydrogen-bond donors (Lipinski definition) is 2. The highest BCUT2D eigenvalue weighted by Crippen LogP contribution is 2.21. The summed E-state index contributed by atoms with van der Waals surface area (Å²) >= 11 is 5.92. The Morgan fingerprint density at radius 3 is 2.63 bits per heavy atom. The Labute approximate surface area is 119 Å². The summed E-state index contributed by atoms with van der Waals surface area (Å²) in [7, 11) is -1.86. The molecule has 1 aromatic rings. The van der Waals surface area contributed by atoms with Crippen molar-refractivity contribution in [3.8, 4) is 0 Å². The summed E-state index contributed by atoms with van der Waals surface area (Å²) in [6, 6.07) is 1.39. The van der Waals surface area contributed by atoms with Crippen LogP contribution in [0.3, 0.4) is 0 Å². The second-order valence-corrected chi connectivity index (χ2v) is 6.86. The molecule has 19 heavy (non-hydrogen) atoms. The molecule has 0 spiro atoms. The molecule has 0 radical (unpaired) electrons. The van der Waals surface area contributed by atoms with Gasteiger partial charge in [0.25, 0.3) is 0 Å². The largest absolute Gasteiger partial charge is 0.372 e. The fraction of sp³-hybridized carbons (Fsp3) is 0.583. The van der Waals surface area contributed by atoms with E-state index in [1.54, 1.807) is 7.05 Å². The van der Waals surface area contributed by atoms with E-state index >= 15 is 0 Å². The number of anilines is 1. The molecule has 0 fully saturated rings. The third kappa shape index (κ3) is 4.97. The Hall–Kier alpha value is -0.850. The molecule has 0 unspecified atom stereocenters. The van der Waals surface area contributed by atoms with Crippen LogP contribution in [0.5, 0.6) is 0 Å². The van der Waals surface area contributed by atoms with Gasteiger partial charge in [0.15, 0.2) is 0 Å². The number of pyridine rings is 1. The van der Waals surface area contributed by atoms with Crippen LogP contribution in [0.4, 0.5) is 5.82 Å². The van der Waals surface area contributed by atoms with Gasteiger partial charge < -0.3 is 5.32 Å². The van der Waals surface area contributed by atoms with Gasteiger partial charge in [0.05, 0.1) is 5.02 Å². The van der Waals surface area contributed by atoms with E-state index in [9.17, 15) is 8.42 Å². The van der Waals surface area contributed by atoms with Crippen molar-refractivity contribution < 1.29 is 8.42 Å². The second-order valence-electron chi connectivity index (χ2n) is 4.69. The first-order valence-electron chi connectivity index (χ1n) is 6.19. The van der Waals surface area contributed by atoms with Crippen LogP contribution in [0, 0.1) is 5.92 Å². The van der Waals surface area contributed by atoms with E-state index < -0.39 is 10.0 Å². The molecule has 7 heteroatoms. The maximum atomic E-state index is 12.0. The average Bonchev–Trinajstić information content (AvgIpc) is 2.34. The lowest BCUT2D eigenvalue weighted by Crippen LogP contribution is -2.25. The van der Waals surface area contributed by atoms with Crippen LogP contribution in [0.2, 0.25) is 5.02 Å². The summed E-state index contributed by atoms with van der Waals surface area (Å²) in [4.78, 5) is 4.04. The van der Waals surface area contributed by atoms with Crippen molar-refractivity contribution in [3.63, 3.8) is 0 Å². The number of hydrogen-bond acceptors (Lipinski definition) is 4. The summed E-state index contributed by atoms with van der Waals surface area (Å²) in [6.07, 6.45) is 3.09. The van der Waals surface area contributed by atoms with Crippen molar-refractivity contribution in [1.82, 2.24) is 9.71 Å². The van der Waals surface area contributed by atoms with Crippen molar-refractivity contribution in [2.75, 3.05) is 18.9 Å². The topological polar surface area (TPSA) is 71.1 Å². The van der Waals surface area contributed by atoms with Gasteiger partial charge in [0, 0.05) is 19.8 Å². The van der Waals surface area contributed by atoms with Crippen molar-refractivity contribution >= 4 is 27.4 Å². The molecule has 1 heterocycles. The van der Waals surface area contributed by atoms with Crippen molar-refractivity contribution in [2.45, 2.75) is 31.6 Å². The standard InChI is InChI=1S/C12H20ClN3O2S/c1-9(2)5-4-6-16-19(17,18)10-7-11(13)12(14-3)15-8-10/h7-9,16H,4-6H2,1-3H3,(H,14,15). The van der Waals surface area contributed by atoms with Crippen LogP contribution < -0.4 is 10.0 Å². The molecular weight excluding hydrogens is 286 g/mol. The van der Waals surface area contributed by atoms with Gasteiger partial charge in [0.2, 0.25) is 10.0 Å². The number of aromatic nitrogens is 1. The zero-order valence-electron chi connectivity index (χ0n) is 11.4. The van der Waals surface area contributed by atoms with Crippen LogP contribution in [0.25, 0.3) is 0 Å². The number of nitrogens with zero attached hydrogens (tertiary/aromatic N) is 1. The third-order valence-electron chi connectivity index (χ3n) is 2.61. The maximum Gasteiger partial charge on any atom is 0.242 e. The normalized spacial score (nSPS) is 11.8. The molecule has 108 valence electrons. The molecule has 0 saturated heterocycles. The molecule has 2 N–H and O–H groups in total. The minimum Gasteiger partial charge on any atom is -0.372 e. The van der Waals surface area contributed by atoms with E-state index in [0.29, 0.717) is 18.3 Å². The summed E-state index contributed by atoms with van der Waals surface area (Å²) in [6.45, 7) is 4.63. The Morgan fingerprint density at radius 2 is 2.11 bits per heavy atom. The lowest BCUT2D eigenvalue weighted by atomic mass is 10.1. The Morgan fingerprint density at radius 1 is 1.42 bits per heavy atom. The lowest BCUT2D eigenvalue weighted by molar-refractivity contribution is 0.540. The van der Waals surface area contributed by atoms with Gasteiger partial charge in [0.1, 0.15) is 10.7 Å². The van der Waals surface area contributed by atoms with Gasteiger partial charge in [-0.3, -0.25) is 0 Å². The zero-order chi connectivity index (χ0) is 14.5. The third-order valence-corrected chi connectivity index (χ3v) is 4.33. The smallest absolute Gasteiger partial charge is 0.242 e. The fourth-order valence-electron chi connectivity index (χ4n) is 1.55. The fourth-order valence-corrected chi connectivity index (χ4v) is 2.92. The average molecular weight is 306 g/mol. The highest BCUT2D eigenvalue weighted by atomic mass is 35.5. The van der Waals surface area contributed by atoms with E-state index in [0.717, 1.165) is 12.8 Å². The first kappa shape index (κ1) is 16.2. The van der Waals surface area contributed by atoms with Gasteiger partial charge in [-0.2, -0.15) is 0 Å². The minimum atomic E-state index is -3.53. The van der Waals surface area contributed by atoms with Crippen molar-refractivity contribution in [1.29, 1.82) is 0 Å². The number of nitrogens with one attached hydrogen (secondary N) is 2. The maximum absolute atomic E-state index is 12.0. The van der Waals surface area contributed by atoms with E-state index in [1.165, 1.54) is 12.3 Å². The molecule has 0 amide bonds. The van der Waals surface area contributed by atoms with Crippen molar-refractivity contribution in [2.24, 2.45) is 5.92 Å². The van der Waals surface area contributed by atoms with E-state index in [2.05, 4.69) is 28.9 Å². The first-order chi connectivity index (χ1) is 8.86. The SMILES string of the molecule is CNc1ncc(S(=O)(=O)NCCCC(C)C)cc1Cl. The van der Waals surface area contributed by atoms with Gasteiger partial charge in [-0.15, -0.1) is 0 Å². The molecule has 5 nitrogen and oxygen atoms in total. The summed E-state index contributed by atoms with van der Waals surface area (Å²) in [5.74, 6) is 1.02. The van der Waals surface area contributed by atoms with Crippen LogP contribution in [0.15, 0.2) is 17.2 Å². The van der Waals surface area contributed by atoms with E-state index in [-0.39, 0.29) is 9.92 Å². The van der Waals surface area contributed by atoms with E-state index in [1.807, 2.05) is 0 Å². The molecule has 1 rings (SSSR count). The van der Waals surface area contributed by atoms with Gasteiger partial charge in [-0.1, -0.05) is 25.4 Å². The molecule has 0 bridgehead atoms. The highest BCUT2D eigenvalue weighted by molar-refractivity contribution is 7.89. The lowest BCUT2D eigenvalue weighted by Gasteiger charge is -2.09. The van der Waals surface area contributed by atoms with Crippen molar-refractivity contribution in [3.05, 3.63) is 17.3 Å². The monoisotopic (exact) mass is 305 g/mol. The predicted molar refractivity (Wildman–Crippen MR) is 78.1 cm³/mol. The molecule has 0 atom stereocenters. The number of halogens is 1. The minimum absolute atomic E-state index is 0.0843. The number of sulfonamides is 1. The predicted octanol–water partition coefficient (Wildman–Crippen LogP) is 2.49. The molecule has 0 saturated carbocycles. The molecular formula is C12H20ClN3O2S. The Bertz CT molecular complexity index is 518. The molecule has 1 aromatic heterocycles. The summed E-state index contributed by atoms with van der Waals surface area (Å²) < 4.78 is 26.5. The van der Waals surface area contributed by atoms with Gasteiger partial charge >= 0.3 is 0 Å². The first-order valence-corrected chi connectivity index (χ1v) is 8.06. The van der Waals surface area contributed by atoms with Gasteiger partial charge in [-0.25, -0.2) is 18.1 Å².